The van der Waals surface area contributed by atoms with Gasteiger partial charge in [0.05, 0.1) is 13.0 Å². The second-order valence-electron chi connectivity index (χ2n) is 6.20. The average Bonchev–Trinajstić information content (AvgIpc) is 2.76. The molecule has 10 heteroatoms. The van der Waals surface area contributed by atoms with Crippen LogP contribution < -0.4 is 5.32 Å². The second-order valence-corrected chi connectivity index (χ2v) is 6.20. The van der Waals surface area contributed by atoms with Crippen LogP contribution in [0.5, 0.6) is 0 Å². The lowest BCUT2D eigenvalue weighted by Crippen LogP contribution is -2.48. The minimum atomic E-state index is -1.48. The van der Waals surface area contributed by atoms with Crippen molar-refractivity contribution in [3.63, 3.8) is 0 Å². The number of hydrogen-bond acceptors (Lipinski definition) is 8. The molecule has 0 aliphatic carbocycles. The minimum absolute atomic E-state index is 0.0752. The lowest BCUT2D eigenvalue weighted by atomic mass is 10.2. The first-order valence-electron chi connectivity index (χ1n) is 7.76. The molecule has 1 aliphatic rings. The van der Waals surface area contributed by atoms with E-state index < -0.39 is 47.9 Å². The van der Waals surface area contributed by atoms with E-state index in [1.54, 1.807) is 27.7 Å². The number of esters is 1. The molecule has 0 unspecified atom stereocenters. The van der Waals surface area contributed by atoms with E-state index >= 15 is 0 Å². The van der Waals surface area contributed by atoms with Crippen LogP contribution in [-0.4, -0.2) is 53.2 Å². The van der Waals surface area contributed by atoms with Gasteiger partial charge < -0.3 is 19.6 Å². The summed E-state index contributed by atoms with van der Waals surface area (Å²) in [5.74, 6) is -3.27. The van der Waals surface area contributed by atoms with E-state index in [4.69, 9.17) is 14.3 Å². The summed E-state index contributed by atoms with van der Waals surface area (Å²) >= 11 is 0. The number of hydroxylamine groups is 2. The summed E-state index contributed by atoms with van der Waals surface area (Å²) in [6, 6.07) is -1.48. The zero-order valence-electron chi connectivity index (χ0n) is 14.6. The Morgan fingerprint density at radius 1 is 1.16 bits per heavy atom. The van der Waals surface area contributed by atoms with Gasteiger partial charge in [0.15, 0.2) is 0 Å². The Hall–Kier alpha value is -2.65. The smallest absolute Gasteiger partial charge is 0.408 e. The molecule has 0 aromatic carbocycles. The van der Waals surface area contributed by atoms with Crippen molar-refractivity contribution in [2.45, 2.75) is 58.6 Å². The SMILES string of the molecule is CCOC(=O)C[C@H](NC(=O)OC(C)(C)C)C(=O)ON1C(=O)CCC1=O. The summed E-state index contributed by atoms with van der Waals surface area (Å²) in [6.07, 6.45) is -1.65. The lowest BCUT2D eigenvalue weighted by molar-refractivity contribution is -0.199. The molecule has 1 heterocycles. The molecule has 0 spiro atoms. The molecule has 1 N–H and O–H groups in total. The molecule has 10 nitrogen and oxygen atoms in total. The zero-order chi connectivity index (χ0) is 19.2. The fraction of sp³-hybridized carbons (Fsp3) is 0.667. The van der Waals surface area contributed by atoms with E-state index in [2.05, 4.69) is 5.32 Å². The molecule has 0 bridgehead atoms. The highest BCUT2D eigenvalue weighted by molar-refractivity contribution is 6.02. The fourth-order valence-corrected chi connectivity index (χ4v) is 1.84. The number of amides is 3. The van der Waals surface area contributed by atoms with Crippen LogP contribution in [-0.2, 0) is 33.5 Å². The van der Waals surface area contributed by atoms with Crippen LogP contribution in [0, 0.1) is 0 Å². The number of imide groups is 1. The molecular weight excluding hydrogens is 336 g/mol. The molecule has 0 aromatic rings. The average molecular weight is 358 g/mol. The third-order valence-corrected chi connectivity index (χ3v) is 2.84. The number of ether oxygens (including phenoxy) is 2. The van der Waals surface area contributed by atoms with Crippen molar-refractivity contribution in [3.8, 4) is 0 Å². The Morgan fingerprint density at radius 3 is 2.20 bits per heavy atom. The predicted molar refractivity (Wildman–Crippen MR) is 81.6 cm³/mol. The standard InChI is InChI=1S/C15H22N2O8/c1-5-23-12(20)8-9(16-14(22)24-15(2,3)4)13(21)25-17-10(18)6-7-11(17)19/h9H,5-8H2,1-4H3,(H,16,22)/t9-/m0/s1. The fourth-order valence-electron chi connectivity index (χ4n) is 1.84. The van der Waals surface area contributed by atoms with Gasteiger partial charge in [0.1, 0.15) is 11.6 Å². The van der Waals surface area contributed by atoms with Crippen molar-refractivity contribution in [1.82, 2.24) is 10.4 Å². The number of rotatable bonds is 6. The number of carbonyl (C=O) groups excluding carboxylic acids is 5. The number of hydrogen-bond donors (Lipinski definition) is 1. The molecule has 140 valence electrons. The molecule has 1 atom stereocenters. The Morgan fingerprint density at radius 2 is 1.72 bits per heavy atom. The normalized spacial score (nSPS) is 15.6. The molecule has 0 aromatic heterocycles. The van der Waals surface area contributed by atoms with E-state index in [1.165, 1.54) is 0 Å². The van der Waals surface area contributed by atoms with E-state index in [0.29, 0.717) is 5.06 Å². The van der Waals surface area contributed by atoms with Gasteiger partial charge in [-0.3, -0.25) is 14.4 Å². The van der Waals surface area contributed by atoms with Gasteiger partial charge in [-0.1, -0.05) is 0 Å². The molecule has 1 rings (SSSR count). The minimum Gasteiger partial charge on any atom is -0.466 e. The Kier molecular flexibility index (Phi) is 6.89. The van der Waals surface area contributed by atoms with Gasteiger partial charge in [0, 0.05) is 12.8 Å². The molecule has 0 radical (unpaired) electrons. The molecule has 0 saturated carbocycles. The van der Waals surface area contributed by atoms with Gasteiger partial charge >= 0.3 is 18.0 Å². The molecule has 1 aliphatic heterocycles. The first-order valence-corrected chi connectivity index (χ1v) is 7.76. The summed E-state index contributed by atoms with van der Waals surface area (Å²) in [5, 5.41) is 2.51. The van der Waals surface area contributed by atoms with Gasteiger partial charge in [-0.25, -0.2) is 9.59 Å². The maximum atomic E-state index is 12.2. The van der Waals surface area contributed by atoms with Crippen LogP contribution in [0.4, 0.5) is 4.79 Å². The number of nitrogens with one attached hydrogen (secondary N) is 1. The van der Waals surface area contributed by atoms with Crippen LogP contribution in [0.15, 0.2) is 0 Å². The second kappa shape index (κ2) is 8.45. The molecule has 3 amide bonds. The summed E-state index contributed by atoms with van der Waals surface area (Å²) in [7, 11) is 0. The van der Waals surface area contributed by atoms with E-state index in [-0.39, 0.29) is 19.4 Å². The number of nitrogens with zero attached hydrogens (tertiary/aromatic N) is 1. The first kappa shape index (κ1) is 20.4. The van der Waals surface area contributed by atoms with E-state index in [9.17, 15) is 24.0 Å². The monoisotopic (exact) mass is 358 g/mol. The molecule has 1 saturated heterocycles. The summed E-state index contributed by atoms with van der Waals surface area (Å²) in [4.78, 5) is 63.4. The van der Waals surface area contributed by atoms with Gasteiger partial charge in [-0.15, -0.1) is 5.06 Å². The maximum absolute atomic E-state index is 12.2. The van der Waals surface area contributed by atoms with Crippen LogP contribution in [0.3, 0.4) is 0 Å². The number of alkyl carbamates (subject to hydrolysis) is 1. The van der Waals surface area contributed by atoms with Gasteiger partial charge in [-0.05, 0) is 27.7 Å². The topological polar surface area (TPSA) is 128 Å². The third kappa shape index (κ3) is 6.77. The first-order chi connectivity index (χ1) is 11.5. The summed E-state index contributed by atoms with van der Waals surface area (Å²) < 4.78 is 9.75. The van der Waals surface area contributed by atoms with Gasteiger partial charge in [-0.2, -0.15) is 0 Å². The van der Waals surface area contributed by atoms with E-state index in [0.717, 1.165) is 0 Å². The third-order valence-electron chi connectivity index (χ3n) is 2.84. The van der Waals surface area contributed by atoms with Crippen molar-refractivity contribution in [3.05, 3.63) is 0 Å². The van der Waals surface area contributed by atoms with Crippen LogP contribution in [0.25, 0.3) is 0 Å². The van der Waals surface area contributed by atoms with Crippen LogP contribution in [0.2, 0.25) is 0 Å². The lowest BCUT2D eigenvalue weighted by Gasteiger charge is -2.23. The predicted octanol–water partition coefficient (Wildman–Crippen LogP) is 0.440. The van der Waals surface area contributed by atoms with Crippen molar-refractivity contribution < 1.29 is 38.3 Å². The van der Waals surface area contributed by atoms with Crippen LogP contribution in [0.1, 0.15) is 47.0 Å². The molecule has 1 fully saturated rings. The Bertz CT molecular complexity index is 550. The van der Waals surface area contributed by atoms with E-state index in [1.807, 2.05) is 0 Å². The van der Waals surface area contributed by atoms with Crippen molar-refractivity contribution in [1.29, 1.82) is 0 Å². The molecule has 25 heavy (non-hydrogen) atoms. The van der Waals surface area contributed by atoms with Gasteiger partial charge in [0.2, 0.25) is 0 Å². The maximum Gasteiger partial charge on any atom is 0.408 e. The number of carbonyl (C=O) groups is 5. The van der Waals surface area contributed by atoms with Crippen LogP contribution >= 0.6 is 0 Å². The Labute approximate surface area is 144 Å². The quantitative estimate of drug-likeness (QED) is 0.535. The zero-order valence-corrected chi connectivity index (χ0v) is 14.6. The van der Waals surface area contributed by atoms with Crippen molar-refractivity contribution in [2.24, 2.45) is 0 Å². The Balaban J connectivity index is 2.80. The highest BCUT2D eigenvalue weighted by Crippen LogP contribution is 2.14. The van der Waals surface area contributed by atoms with Gasteiger partial charge in [0.25, 0.3) is 11.8 Å². The molecular formula is C15H22N2O8. The summed E-state index contributed by atoms with van der Waals surface area (Å²) in [5.41, 5.74) is -0.830. The van der Waals surface area contributed by atoms with Crippen molar-refractivity contribution in [2.75, 3.05) is 6.61 Å². The van der Waals surface area contributed by atoms with Crippen molar-refractivity contribution >= 4 is 29.8 Å². The largest absolute Gasteiger partial charge is 0.466 e. The summed E-state index contributed by atoms with van der Waals surface area (Å²) in [6.45, 7) is 6.51. The highest BCUT2D eigenvalue weighted by Gasteiger charge is 2.36. The highest BCUT2D eigenvalue weighted by atomic mass is 16.7.